The van der Waals surface area contributed by atoms with Gasteiger partial charge in [0.25, 0.3) is 0 Å². The third-order valence-electron chi connectivity index (χ3n) is 0.937. The summed E-state index contributed by atoms with van der Waals surface area (Å²) in [5.74, 6) is -2.88. The van der Waals surface area contributed by atoms with Gasteiger partial charge < -0.3 is 9.63 Å². The molecule has 0 atom stereocenters. The topological polar surface area (TPSA) is 63.3 Å². The highest BCUT2D eigenvalue weighted by Crippen LogP contribution is 2.04. The Bertz CT molecular complexity index is 278. The maximum absolute atomic E-state index is 12.3. The van der Waals surface area contributed by atoms with Crippen molar-refractivity contribution in [1.29, 1.82) is 0 Å². The normalized spacial score (nSPS) is 11.5. The Morgan fingerprint density at radius 1 is 1.82 bits per heavy atom. The third kappa shape index (κ3) is 1.89. The molecule has 0 fully saturated rings. The quantitative estimate of drug-likeness (QED) is 0.652. The first kappa shape index (κ1) is 7.46. The summed E-state index contributed by atoms with van der Waals surface area (Å²) in [6, 6.07) is 1.35. The van der Waals surface area contributed by atoms with Crippen LogP contribution in [0.3, 0.4) is 0 Å². The molecular weight excluding hydrogens is 153 g/mol. The molecule has 1 aromatic rings. The van der Waals surface area contributed by atoms with Crippen LogP contribution in [0.1, 0.15) is 5.69 Å². The second-order valence-electron chi connectivity index (χ2n) is 1.72. The number of nitrogens with zero attached hydrogens (tertiary/aromatic N) is 1. The zero-order valence-corrected chi connectivity index (χ0v) is 5.32. The molecule has 0 saturated heterocycles. The van der Waals surface area contributed by atoms with Gasteiger partial charge in [0.2, 0.25) is 5.83 Å². The second kappa shape index (κ2) is 2.96. The first-order valence-electron chi connectivity index (χ1n) is 2.71. The fraction of sp³-hybridized carbons (Fsp3) is 0. The van der Waals surface area contributed by atoms with Gasteiger partial charge in [0.15, 0.2) is 0 Å². The van der Waals surface area contributed by atoms with E-state index < -0.39 is 11.8 Å². The third-order valence-corrected chi connectivity index (χ3v) is 0.937. The minimum Gasteiger partial charge on any atom is -0.476 e. The van der Waals surface area contributed by atoms with Gasteiger partial charge in [-0.05, 0) is 0 Å². The molecule has 4 nitrogen and oxygen atoms in total. The number of aliphatic carboxylic acids is 1. The second-order valence-corrected chi connectivity index (χ2v) is 1.72. The lowest BCUT2D eigenvalue weighted by Crippen LogP contribution is -1.93. The molecule has 11 heavy (non-hydrogen) atoms. The van der Waals surface area contributed by atoms with E-state index in [4.69, 9.17) is 5.11 Å². The molecule has 0 bridgehead atoms. The average Bonchev–Trinajstić information content (AvgIpc) is 2.39. The van der Waals surface area contributed by atoms with Crippen molar-refractivity contribution in [3.05, 3.63) is 23.9 Å². The fourth-order valence-corrected chi connectivity index (χ4v) is 0.488. The smallest absolute Gasteiger partial charge is 0.364 e. The van der Waals surface area contributed by atoms with Crippen molar-refractivity contribution in [3.8, 4) is 0 Å². The lowest BCUT2D eigenvalue weighted by molar-refractivity contribution is -0.134. The number of carboxylic acids is 1. The van der Waals surface area contributed by atoms with Crippen LogP contribution in [0, 0.1) is 0 Å². The molecule has 1 aromatic heterocycles. The molecule has 0 aliphatic carbocycles. The molecule has 0 unspecified atom stereocenters. The highest BCUT2D eigenvalue weighted by atomic mass is 19.1. The van der Waals surface area contributed by atoms with Crippen molar-refractivity contribution in [2.75, 3.05) is 0 Å². The zero-order chi connectivity index (χ0) is 8.27. The lowest BCUT2D eigenvalue weighted by atomic mass is 10.4. The van der Waals surface area contributed by atoms with Crippen molar-refractivity contribution in [2.45, 2.75) is 0 Å². The van der Waals surface area contributed by atoms with Gasteiger partial charge >= 0.3 is 5.97 Å². The lowest BCUT2D eigenvalue weighted by Gasteiger charge is -1.83. The molecule has 0 aliphatic heterocycles. The van der Waals surface area contributed by atoms with E-state index >= 15 is 0 Å². The highest BCUT2D eigenvalue weighted by molar-refractivity contribution is 5.89. The summed E-state index contributed by atoms with van der Waals surface area (Å²) >= 11 is 0. The van der Waals surface area contributed by atoms with Gasteiger partial charge in [-0.1, -0.05) is 5.16 Å². The molecule has 1 N–H and O–H groups in total. The first-order valence-corrected chi connectivity index (χ1v) is 2.71. The summed E-state index contributed by atoms with van der Waals surface area (Å²) in [6.45, 7) is 0. The summed E-state index contributed by atoms with van der Waals surface area (Å²) in [6.07, 6.45) is 1.99. The van der Waals surface area contributed by atoms with Crippen LogP contribution in [0.25, 0.3) is 6.08 Å². The molecule has 0 aromatic carbocycles. The van der Waals surface area contributed by atoms with Gasteiger partial charge in [0.05, 0.1) is 0 Å². The van der Waals surface area contributed by atoms with Crippen LogP contribution >= 0.6 is 0 Å². The van der Waals surface area contributed by atoms with Gasteiger partial charge in [-0.3, -0.25) is 0 Å². The van der Waals surface area contributed by atoms with Crippen molar-refractivity contribution < 1.29 is 18.8 Å². The van der Waals surface area contributed by atoms with Crippen LogP contribution in [0.4, 0.5) is 4.39 Å². The van der Waals surface area contributed by atoms with E-state index in [0.717, 1.165) is 6.08 Å². The van der Waals surface area contributed by atoms with E-state index in [1.165, 1.54) is 12.3 Å². The van der Waals surface area contributed by atoms with Gasteiger partial charge in [-0.15, -0.1) is 0 Å². The van der Waals surface area contributed by atoms with Crippen LogP contribution in [0.15, 0.2) is 22.7 Å². The summed E-state index contributed by atoms with van der Waals surface area (Å²) in [7, 11) is 0. The first-order chi connectivity index (χ1) is 5.20. The summed E-state index contributed by atoms with van der Waals surface area (Å²) in [5.41, 5.74) is 0.143. The van der Waals surface area contributed by atoms with E-state index in [2.05, 4.69) is 9.68 Å². The minimum absolute atomic E-state index is 0.143. The molecule has 1 rings (SSSR count). The number of hydrogen-bond acceptors (Lipinski definition) is 3. The Morgan fingerprint density at radius 2 is 2.55 bits per heavy atom. The molecule has 0 spiro atoms. The summed E-state index contributed by atoms with van der Waals surface area (Å²) < 4.78 is 16.6. The maximum Gasteiger partial charge on any atom is 0.364 e. The number of carbonyl (C=O) groups is 1. The zero-order valence-electron chi connectivity index (χ0n) is 5.32. The molecule has 58 valence electrons. The van der Waals surface area contributed by atoms with Crippen LogP contribution in [0.5, 0.6) is 0 Å². The van der Waals surface area contributed by atoms with Crippen LogP contribution in [-0.4, -0.2) is 16.2 Å². The SMILES string of the molecule is O=C(O)/C(F)=C/c1ccon1. The molecule has 1 heterocycles. The Balaban J connectivity index is 2.82. The Kier molecular flexibility index (Phi) is 2.00. The van der Waals surface area contributed by atoms with E-state index in [0.29, 0.717) is 0 Å². The van der Waals surface area contributed by atoms with Crippen molar-refractivity contribution in [2.24, 2.45) is 0 Å². The van der Waals surface area contributed by atoms with Crippen LogP contribution in [0.2, 0.25) is 0 Å². The largest absolute Gasteiger partial charge is 0.476 e. The van der Waals surface area contributed by atoms with Gasteiger partial charge in [0, 0.05) is 12.1 Å². The van der Waals surface area contributed by atoms with E-state index in [1.807, 2.05) is 0 Å². The van der Waals surface area contributed by atoms with Crippen molar-refractivity contribution >= 4 is 12.0 Å². The van der Waals surface area contributed by atoms with Gasteiger partial charge in [-0.25, -0.2) is 4.79 Å². The molecule has 0 saturated carbocycles. The Hall–Kier alpha value is -1.65. The number of hydrogen-bond donors (Lipinski definition) is 1. The van der Waals surface area contributed by atoms with Crippen LogP contribution < -0.4 is 0 Å². The Morgan fingerprint density at radius 3 is 3.00 bits per heavy atom. The van der Waals surface area contributed by atoms with Crippen molar-refractivity contribution in [3.63, 3.8) is 0 Å². The number of carboxylic acid groups (broad SMARTS) is 1. The standard InChI is InChI=1S/C6H4FNO3/c7-5(6(9)10)3-4-1-2-11-8-4/h1-3H,(H,9,10)/b5-3-. The average molecular weight is 157 g/mol. The van der Waals surface area contributed by atoms with E-state index in [-0.39, 0.29) is 5.69 Å². The summed E-state index contributed by atoms with van der Waals surface area (Å²) in [4.78, 5) is 9.92. The van der Waals surface area contributed by atoms with E-state index in [9.17, 15) is 9.18 Å². The number of rotatable bonds is 2. The monoisotopic (exact) mass is 157 g/mol. The number of halogens is 1. The van der Waals surface area contributed by atoms with Gasteiger partial charge in [-0.2, -0.15) is 4.39 Å². The number of aromatic nitrogens is 1. The highest BCUT2D eigenvalue weighted by Gasteiger charge is 2.05. The maximum atomic E-state index is 12.3. The van der Waals surface area contributed by atoms with Crippen LogP contribution in [-0.2, 0) is 4.79 Å². The van der Waals surface area contributed by atoms with E-state index in [1.54, 1.807) is 0 Å². The van der Waals surface area contributed by atoms with Gasteiger partial charge in [0.1, 0.15) is 12.0 Å². The molecule has 0 amide bonds. The molecule has 5 heteroatoms. The predicted molar refractivity (Wildman–Crippen MR) is 33.2 cm³/mol. The predicted octanol–water partition coefficient (Wildman–Crippen LogP) is 1.07. The minimum atomic E-state index is -1.62. The van der Waals surface area contributed by atoms with Crippen molar-refractivity contribution in [1.82, 2.24) is 5.16 Å². The Labute approximate surface area is 60.9 Å². The molecule has 0 aliphatic rings. The fourth-order valence-electron chi connectivity index (χ4n) is 0.488. The summed E-state index contributed by atoms with van der Waals surface area (Å²) in [5, 5.41) is 11.4. The molecular formula is C6H4FNO3. The molecule has 0 radical (unpaired) electrons.